The Hall–Kier alpha value is -4.53. The maximum atomic E-state index is 13.5. The van der Waals surface area contributed by atoms with Gasteiger partial charge >= 0.3 is 18.1 Å². The van der Waals surface area contributed by atoms with Crippen molar-refractivity contribution < 1.29 is 41.8 Å². The molecule has 0 aliphatic carbocycles. The predicted molar refractivity (Wildman–Crippen MR) is 123 cm³/mol. The molecule has 0 spiro atoms. The third-order valence-corrected chi connectivity index (χ3v) is 4.97. The Bertz CT molecular complexity index is 1400. The van der Waals surface area contributed by atoms with Crippen LogP contribution in [0.3, 0.4) is 0 Å². The first kappa shape index (κ1) is 26.1. The molecule has 4 rings (SSSR count). The van der Waals surface area contributed by atoms with Crippen LogP contribution in [0.25, 0.3) is 22.3 Å². The first-order valence-electron chi connectivity index (χ1n) is 10.3. The zero-order valence-electron chi connectivity index (χ0n) is 18.3. The molecule has 0 saturated carbocycles. The molecule has 184 valence electrons. The van der Waals surface area contributed by atoms with Gasteiger partial charge in [-0.3, -0.25) is 0 Å². The van der Waals surface area contributed by atoms with Crippen molar-refractivity contribution in [1.82, 2.24) is 0 Å². The van der Waals surface area contributed by atoms with E-state index in [2.05, 4.69) is 0 Å². The zero-order chi connectivity index (χ0) is 26.5. The number of alkyl halides is 3. The molecule has 0 bridgehead atoms. The molecule has 0 amide bonds. The molecule has 4 aromatic carbocycles. The second kappa shape index (κ2) is 10.8. The second-order valence-electron chi connectivity index (χ2n) is 7.48. The first-order chi connectivity index (χ1) is 17.0. The molecule has 0 aliphatic heterocycles. The van der Waals surface area contributed by atoms with E-state index in [0.717, 1.165) is 18.2 Å². The van der Waals surface area contributed by atoms with E-state index >= 15 is 0 Å². The maximum Gasteiger partial charge on any atom is 0.416 e. The first-order valence-corrected chi connectivity index (χ1v) is 10.3. The number of hydrogen-bond donors (Lipinski definition) is 2. The van der Waals surface area contributed by atoms with Crippen LogP contribution in [0.2, 0.25) is 0 Å². The molecule has 4 nitrogen and oxygen atoms in total. The van der Waals surface area contributed by atoms with Crippen molar-refractivity contribution in [2.24, 2.45) is 0 Å². The van der Waals surface area contributed by atoms with Crippen LogP contribution in [0.4, 0.5) is 22.0 Å². The van der Waals surface area contributed by atoms with Crippen LogP contribution in [-0.4, -0.2) is 22.2 Å². The molecule has 0 unspecified atom stereocenters. The monoisotopic (exact) mass is 500 g/mol. The number of carbonyl (C=O) groups is 2. The summed E-state index contributed by atoms with van der Waals surface area (Å²) in [5.41, 5.74) is 0.0620. The molecule has 0 atom stereocenters. The summed E-state index contributed by atoms with van der Waals surface area (Å²) in [5.74, 6) is -3.86. The minimum Gasteiger partial charge on any atom is -0.478 e. The van der Waals surface area contributed by atoms with Crippen LogP contribution < -0.4 is 0 Å². The topological polar surface area (TPSA) is 74.6 Å². The number of rotatable bonds is 4. The number of aromatic carboxylic acids is 2. The van der Waals surface area contributed by atoms with Gasteiger partial charge in [-0.05, 0) is 59.2 Å². The van der Waals surface area contributed by atoms with Crippen molar-refractivity contribution in [2.45, 2.75) is 6.18 Å². The van der Waals surface area contributed by atoms with Crippen LogP contribution in [0.5, 0.6) is 0 Å². The summed E-state index contributed by atoms with van der Waals surface area (Å²) < 4.78 is 64.4. The highest BCUT2D eigenvalue weighted by Gasteiger charge is 2.31. The molecule has 0 fully saturated rings. The van der Waals surface area contributed by atoms with Crippen LogP contribution in [0.1, 0.15) is 26.3 Å². The third-order valence-electron chi connectivity index (χ3n) is 4.97. The van der Waals surface area contributed by atoms with E-state index in [-0.39, 0.29) is 22.3 Å². The van der Waals surface area contributed by atoms with Crippen molar-refractivity contribution in [1.29, 1.82) is 0 Å². The molecule has 9 heteroatoms. The number of benzene rings is 4. The number of carboxylic acid groups (broad SMARTS) is 2. The summed E-state index contributed by atoms with van der Waals surface area (Å²) in [7, 11) is 0. The van der Waals surface area contributed by atoms with Gasteiger partial charge in [-0.1, -0.05) is 42.5 Å². The quantitative estimate of drug-likeness (QED) is 0.286. The van der Waals surface area contributed by atoms with Crippen molar-refractivity contribution in [3.05, 3.63) is 119 Å². The minimum absolute atomic E-state index is 0.0613. The second-order valence-corrected chi connectivity index (χ2v) is 7.48. The van der Waals surface area contributed by atoms with Crippen LogP contribution >= 0.6 is 0 Å². The third kappa shape index (κ3) is 6.53. The van der Waals surface area contributed by atoms with Gasteiger partial charge in [0.05, 0.1) is 16.7 Å². The van der Waals surface area contributed by atoms with Gasteiger partial charge in [0.1, 0.15) is 11.6 Å². The maximum absolute atomic E-state index is 13.5. The largest absolute Gasteiger partial charge is 0.478 e. The van der Waals surface area contributed by atoms with Crippen molar-refractivity contribution >= 4 is 11.9 Å². The predicted octanol–water partition coefficient (Wildman–Crippen LogP) is 7.40. The smallest absolute Gasteiger partial charge is 0.416 e. The molecular weight excluding hydrogens is 483 g/mol. The highest BCUT2D eigenvalue weighted by molar-refractivity contribution is 5.90. The SMILES string of the molecule is O=C(O)c1cc(-c2ccccc2)cc(C(F)(F)F)c1.O=C(O)c1cccc(-c2ccc(F)cc2F)c1. The lowest BCUT2D eigenvalue weighted by Crippen LogP contribution is -2.08. The summed E-state index contributed by atoms with van der Waals surface area (Å²) in [6, 6.07) is 20.2. The van der Waals surface area contributed by atoms with Gasteiger partial charge in [-0.2, -0.15) is 13.2 Å². The van der Waals surface area contributed by atoms with Gasteiger partial charge in [-0.15, -0.1) is 0 Å². The van der Waals surface area contributed by atoms with E-state index in [4.69, 9.17) is 10.2 Å². The van der Waals surface area contributed by atoms with Gasteiger partial charge in [-0.25, -0.2) is 18.4 Å². The normalized spacial score (nSPS) is 10.8. The number of halogens is 5. The fourth-order valence-electron chi connectivity index (χ4n) is 3.26. The van der Waals surface area contributed by atoms with E-state index in [0.29, 0.717) is 17.2 Å². The van der Waals surface area contributed by atoms with Gasteiger partial charge < -0.3 is 10.2 Å². The van der Waals surface area contributed by atoms with Crippen LogP contribution in [0.15, 0.2) is 91.0 Å². The molecule has 0 saturated heterocycles. The van der Waals surface area contributed by atoms with E-state index in [1.807, 2.05) is 0 Å². The Morgan fingerprint density at radius 2 is 1.22 bits per heavy atom. The Balaban J connectivity index is 0.000000202. The molecular formula is C27H17F5O4. The van der Waals surface area contributed by atoms with E-state index in [1.165, 1.54) is 30.3 Å². The zero-order valence-corrected chi connectivity index (χ0v) is 18.3. The number of carboxylic acids is 2. The lowest BCUT2D eigenvalue weighted by atomic mass is 9.99. The van der Waals surface area contributed by atoms with E-state index < -0.39 is 35.3 Å². The fraction of sp³-hybridized carbons (Fsp3) is 0.0370. The molecule has 0 aliphatic rings. The van der Waals surface area contributed by atoms with Gasteiger partial charge in [0.15, 0.2) is 0 Å². The van der Waals surface area contributed by atoms with Gasteiger partial charge in [0.25, 0.3) is 0 Å². The summed E-state index contributed by atoms with van der Waals surface area (Å²) in [4.78, 5) is 21.7. The van der Waals surface area contributed by atoms with Crippen molar-refractivity contribution in [2.75, 3.05) is 0 Å². The van der Waals surface area contributed by atoms with Gasteiger partial charge in [0, 0.05) is 11.6 Å². The molecule has 0 heterocycles. The summed E-state index contributed by atoms with van der Waals surface area (Å²) in [6.07, 6.45) is -4.57. The van der Waals surface area contributed by atoms with E-state index in [9.17, 15) is 31.5 Å². The lowest BCUT2D eigenvalue weighted by molar-refractivity contribution is -0.137. The summed E-state index contributed by atoms with van der Waals surface area (Å²) in [6.45, 7) is 0. The molecule has 0 aromatic heterocycles. The van der Waals surface area contributed by atoms with Crippen LogP contribution in [-0.2, 0) is 6.18 Å². The average molecular weight is 500 g/mol. The van der Waals surface area contributed by atoms with Crippen molar-refractivity contribution in [3.63, 3.8) is 0 Å². The lowest BCUT2D eigenvalue weighted by Gasteiger charge is -2.10. The highest BCUT2D eigenvalue weighted by atomic mass is 19.4. The molecule has 36 heavy (non-hydrogen) atoms. The Morgan fingerprint density at radius 3 is 1.81 bits per heavy atom. The standard InChI is InChI=1S/C14H9F3O2.C13H8F2O2/c15-14(16,17)12-7-10(6-11(8-12)13(18)19)9-4-2-1-3-5-9;14-10-4-5-11(12(15)7-10)8-2-1-3-9(6-8)13(16)17/h1-8H,(H,18,19);1-7H,(H,16,17). The van der Waals surface area contributed by atoms with Gasteiger partial charge in [0.2, 0.25) is 0 Å². The molecule has 2 N–H and O–H groups in total. The average Bonchev–Trinajstić information content (AvgIpc) is 2.84. The fourth-order valence-corrected chi connectivity index (χ4v) is 3.26. The Morgan fingerprint density at radius 1 is 0.611 bits per heavy atom. The highest BCUT2D eigenvalue weighted by Crippen LogP contribution is 2.33. The van der Waals surface area contributed by atoms with Crippen molar-refractivity contribution in [3.8, 4) is 22.3 Å². The summed E-state index contributed by atoms with van der Waals surface area (Å²) >= 11 is 0. The van der Waals surface area contributed by atoms with E-state index in [1.54, 1.807) is 36.4 Å². The molecule has 0 radical (unpaired) electrons. The number of hydrogen-bond acceptors (Lipinski definition) is 2. The minimum atomic E-state index is -4.57. The molecule has 4 aromatic rings. The van der Waals surface area contributed by atoms with Crippen LogP contribution in [0, 0.1) is 11.6 Å². The Labute approximate surface area is 201 Å². The Kier molecular flexibility index (Phi) is 7.83. The summed E-state index contributed by atoms with van der Waals surface area (Å²) in [5, 5.41) is 17.7.